The molecule has 0 radical (unpaired) electrons. The van der Waals surface area contributed by atoms with Crippen molar-refractivity contribution in [2.75, 3.05) is 14.2 Å². The number of carbonyl (C=O) groups is 1. The van der Waals surface area contributed by atoms with Crippen LogP contribution in [-0.2, 0) is 4.79 Å². The Kier molecular flexibility index (Phi) is 5.61. The lowest BCUT2D eigenvalue weighted by molar-refractivity contribution is -0.122. The standard InChI is InChI=1S/C20H19N3O3S/c1-13-4-6-14(7-5-13)12-22-23-19(25)18(27-20(23)21-2)11-15-8-9-16(24)17(10-15)26-3/h4-12,24H,1-3H3/b18-11-,21-20?,22-12+. The number of aromatic hydroxyl groups is 1. The van der Waals surface area contributed by atoms with Gasteiger partial charge >= 0.3 is 0 Å². The van der Waals surface area contributed by atoms with E-state index >= 15 is 0 Å². The average Bonchev–Trinajstić information content (AvgIpc) is 2.97. The molecule has 2 aromatic carbocycles. The fourth-order valence-electron chi connectivity index (χ4n) is 2.42. The van der Waals surface area contributed by atoms with Gasteiger partial charge in [-0.2, -0.15) is 10.1 Å². The summed E-state index contributed by atoms with van der Waals surface area (Å²) in [5.41, 5.74) is 2.79. The van der Waals surface area contributed by atoms with E-state index in [4.69, 9.17) is 4.74 Å². The Labute approximate surface area is 161 Å². The number of thioether (sulfide) groups is 1. The van der Waals surface area contributed by atoms with E-state index in [1.165, 1.54) is 29.9 Å². The third-order valence-corrected chi connectivity index (χ3v) is 4.93. The number of rotatable bonds is 4. The number of benzene rings is 2. The molecule has 1 N–H and O–H groups in total. The van der Waals surface area contributed by atoms with Crippen LogP contribution in [0.3, 0.4) is 0 Å². The van der Waals surface area contributed by atoms with Gasteiger partial charge in [0.1, 0.15) is 0 Å². The lowest BCUT2D eigenvalue weighted by atomic mass is 10.2. The van der Waals surface area contributed by atoms with Crippen LogP contribution in [0.1, 0.15) is 16.7 Å². The zero-order valence-corrected chi connectivity index (χ0v) is 16.0. The molecule has 1 fully saturated rings. The summed E-state index contributed by atoms with van der Waals surface area (Å²) in [4.78, 5) is 17.4. The minimum absolute atomic E-state index is 0.0465. The van der Waals surface area contributed by atoms with Crippen LogP contribution in [-0.4, -0.2) is 41.6 Å². The highest BCUT2D eigenvalue weighted by atomic mass is 32.2. The first-order chi connectivity index (χ1) is 13.0. The van der Waals surface area contributed by atoms with E-state index in [1.54, 1.807) is 31.5 Å². The summed E-state index contributed by atoms with van der Waals surface area (Å²) in [5.74, 6) is 0.139. The highest BCUT2D eigenvalue weighted by Gasteiger charge is 2.33. The van der Waals surface area contributed by atoms with Crippen molar-refractivity contribution < 1.29 is 14.6 Å². The highest BCUT2D eigenvalue weighted by Crippen LogP contribution is 2.34. The molecule has 27 heavy (non-hydrogen) atoms. The summed E-state index contributed by atoms with van der Waals surface area (Å²) in [6.07, 6.45) is 3.36. The zero-order valence-electron chi connectivity index (χ0n) is 15.2. The third kappa shape index (κ3) is 4.20. The maximum absolute atomic E-state index is 12.7. The lowest BCUT2D eigenvalue weighted by Gasteiger charge is -2.07. The van der Waals surface area contributed by atoms with Gasteiger partial charge in [-0.15, -0.1) is 0 Å². The first-order valence-electron chi connectivity index (χ1n) is 8.20. The van der Waals surface area contributed by atoms with E-state index in [-0.39, 0.29) is 11.7 Å². The number of amidine groups is 1. The van der Waals surface area contributed by atoms with Crippen LogP contribution >= 0.6 is 11.8 Å². The SMILES string of the molecule is CN=C1S/C(=C\c2ccc(O)c(OC)c2)C(=O)N1/N=C/c1ccc(C)cc1. The fourth-order valence-corrected chi connectivity index (χ4v) is 3.30. The van der Waals surface area contributed by atoms with Gasteiger partial charge in [0.25, 0.3) is 5.91 Å². The van der Waals surface area contributed by atoms with Crippen molar-refractivity contribution >= 4 is 35.1 Å². The van der Waals surface area contributed by atoms with Crippen LogP contribution in [0.4, 0.5) is 0 Å². The molecule has 1 heterocycles. The van der Waals surface area contributed by atoms with Crippen molar-refractivity contribution in [1.82, 2.24) is 5.01 Å². The van der Waals surface area contributed by atoms with Crippen molar-refractivity contribution in [3.05, 3.63) is 64.1 Å². The first kappa shape index (κ1) is 18.7. The van der Waals surface area contributed by atoms with Crippen molar-refractivity contribution in [3.8, 4) is 11.5 Å². The van der Waals surface area contributed by atoms with Gasteiger partial charge in [0, 0.05) is 7.05 Å². The number of nitrogens with zero attached hydrogens (tertiary/aromatic N) is 3. The van der Waals surface area contributed by atoms with Crippen LogP contribution in [0.15, 0.2) is 57.5 Å². The smallest absolute Gasteiger partial charge is 0.287 e. The number of aryl methyl sites for hydroxylation is 1. The molecule has 6 nitrogen and oxygen atoms in total. The van der Waals surface area contributed by atoms with Crippen molar-refractivity contribution in [3.63, 3.8) is 0 Å². The number of amides is 1. The number of phenolic OH excluding ortho intramolecular Hbond substituents is 1. The van der Waals surface area contributed by atoms with Crippen LogP contribution < -0.4 is 4.74 Å². The number of ether oxygens (including phenoxy) is 1. The van der Waals surface area contributed by atoms with Gasteiger partial charge < -0.3 is 9.84 Å². The predicted molar refractivity (Wildman–Crippen MR) is 109 cm³/mol. The summed E-state index contributed by atoms with van der Waals surface area (Å²) in [5, 5.41) is 15.8. The molecule has 0 aromatic heterocycles. The summed E-state index contributed by atoms with van der Waals surface area (Å²) in [6.45, 7) is 2.01. The minimum Gasteiger partial charge on any atom is -0.504 e. The van der Waals surface area contributed by atoms with E-state index in [1.807, 2.05) is 31.2 Å². The molecule has 1 saturated heterocycles. The maximum atomic E-state index is 12.7. The molecule has 7 heteroatoms. The highest BCUT2D eigenvalue weighted by molar-refractivity contribution is 8.18. The Balaban J connectivity index is 1.86. The molecule has 2 aromatic rings. The van der Waals surface area contributed by atoms with Gasteiger partial charge in [0.05, 0.1) is 18.2 Å². The number of carbonyl (C=O) groups excluding carboxylic acids is 1. The summed E-state index contributed by atoms with van der Waals surface area (Å²) in [6, 6.07) is 12.7. The normalized spacial score (nSPS) is 17.4. The number of methoxy groups -OCH3 is 1. The number of hydrogen-bond acceptors (Lipinski definition) is 6. The molecular weight excluding hydrogens is 362 g/mol. The fraction of sp³-hybridized carbons (Fsp3) is 0.150. The number of hydrazone groups is 1. The largest absolute Gasteiger partial charge is 0.504 e. The molecule has 1 aliphatic rings. The van der Waals surface area contributed by atoms with Crippen LogP contribution in [0.25, 0.3) is 6.08 Å². The van der Waals surface area contributed by atoms with E-state index in [9.17, 15) is 9.90 Å². The quantitative estimate of drug-likeness (QED) is 0.648. The van der Waals surface area contributed by atoms with Gasteiger partial charge in [-0.1, -0.05) is 35.9 Å². The summed E-state index contributed by atoms with van der Waals surface area (Å²) in [7, 11) is 3.10. The average molecular weight is 381 g/mol. The second-order valence-electron chi connectivity index (χ2n) is 5.82. The van der Waals surface area contributed by atoms with E-state index in [2.05, 4.69) is 10.1 Å². The molecule has 0 atom stereocenters. The second-order valence-corrected chi connectivity index (χ2v) is 6.83. The van der Waals surface area contributed by atoms with Gasteiger partial charge in [-0.05, 0) is 48.0 Å². The van der Waals surface area contributed by atoms with Gasteiger partial charge in [0.2, 0.25) is 0 Å². The molecule has 138 valence electrons. The van der Waals surface area contributed by atoms with E-state index in [0.717, 1.165) is 16.7 Å². The summed E-state index contributed by atoms with van der Waals surface area (Å²) < 4.78 is 5.11. The maximum Gasteiger partial charge on any atom is 0.287 e. The molecular formula is C20H19N3O3S. The van der Waals surface area contributed by atoms with E-state index in [0.29, 0.717) is 15.8 Å². The molecule has 3 rings (SSSR count). The second kappa shape index (κ2) is 8.09. The first-order valence-corrected chi connectivity index (χ1v) is 9.02. The monoisotopic (exact) mass is 381 g/mol. The molecule has 0 unspecified atom stereocenters. The number of phenols is 1. The van der Waals surface area contributed by atoms with Crippen molar-refractivity contribution in [2.45, 2.75) is 6.92 Å². The summed E-state index contributed by atoms with van der Waals surface area (Å²) >= 11 is 1.25. The van der Waals surface area contributed by atoms with Crippen molar-refractivity contribution in [2.24, 2.45) is 10.1 Å². The molecule has 1 amide bonds. The molecule has 1 aliphatic heterocycles. The Hall–Kier alpha value is -3.06. The van der Waals surface area contributed by atoms with Gasteiger partial charge in [-0.3, -0.25) is 9.79 Å². The topological polar surface area (TPSA) is 74.5 Å². The number of hydrogen-bond donors (Lipinski definition) is 1. The Morgan fingerprint density at radius 2 is 1.85 bits per heavy atom. The molecule has 0 saturated carbocycles. The van der Waals surface area contributed by atoms with Crippen molar-refractivity contribution in [1.29, 1.82) is 0 Å². The Morgan fingerprint density at radius 1 is 1.15 bits per heavy atom. The molecule has 0 aliphatic carbocycles. The third-order valence-electron chi connectivity index (χ3n) is 3.88. The minimum atomic E-state index is -0.254. The molecule has 0 spiro atoms. The molecule has 0 bridgehead atoms. The predicted octanol–water partition coefficient (Wildman–Crippen LogP) is 3.65. The lowest BCUT2D eigenvalue weighted by Crippen LogP contribution is -2.23. The van der Waals surface area contributed by atoms with E-state index < -0.39 is 0 Å². The van der Waals surface area contributed by atoms with Crippen LogP contribution in [0.5, 0.6) is 11.5 Å². The Bertz CT molecular complexity index is 949. The van der Waals surface area contributed by atoms with Gasteiger partial charge in [0.15, 0.2) is 16.7 Å². The van der Waals surface area contributed by atoms with Crippen LogP contribution in [0, 0.1) is 6.92 Å². The zero-order chi connectivity index (χ0) is 19.4. The van der Waals surface area contributed by atoms with Crippen LogP contribution in [0.2, 0.25) is 0 Å². The number of aliphatic imine (C=N–C) groups is 1. The van der Waals surface area contributed by atoms with Gasteiger partial charge in [-0.25, -0.2) is 0 Å². The Morgan fingerprint density at radius 3 is 2.52 bits per heavy atom.